The van der Waals surface area contributed by atoms with Crippen LogP contribution in [-0.4, -0.2) is 42.6 Å². The van der Waals surface area contributed by atoms with Gasteiger partial charge in [0.1, 0.15) is 11.4 Å². The molecular weight excluding hydrogens is 348 g/mol. The Hall–Kier alpha value is -2.33. The molecule has 148 valence electrons. The van der Waals surface area contributed by atoms with Crippen LogP contribution in [0.2, 0.25) is 0 Å². The lowest BCUT2D eigenvalue weighted by Gasteiger charge is -2.45. The van der Waals surface area contributed by atoms with Crippen LogP contribution in [0.3, 0.4) is 0 Å². The number of piperidine rings is 1. The highest BCUT2D eigenvalue weighted by Gasteiger charge is 2.42. The molecule has 0 radical (unpaired) electrons. The number of carbonyl (C=O) groups is 1. The van der Waals surface area contributed by atoms with E-state index in [1.54, 1.807) is 0 Å². The zero-order valence-corrected chi connectivity index (χ0v) is 16.9. The molecule has 0 bridgehead atoms. The molecule has 1 atom stereocenters. The summed E-state index contributed by atoms with van der Waals surface area (Å²) in [5, 5.41) is 3.45. The average Bonchev–Trinajstić information content (AvgIpc) is 2.74. The Kier molecular flexibility index (Phi) is 5.40. The maximum atomic E-state index is 12.6. The monoisotopic (exact) mass is 378 g/mol. The van der Waals surface area contributed by atoms with Gasteiger partial charge in [0.15, 0.2) is 0 Å². The van der Waals surface area contributed by atoms with Crippen LogP contribution in [0.15, 0.2) is 48.5 Å². The molecule has 2 heterocycles. The van der Waals surface area contributed by atoms with Crippen molar-refractivity contribution in [2.75, 3.05) is 26.2 Å². The van der Waals surface area contributed by atoms with Gasteiger partial charge in [0.25, 0.3) is 5.91 Å². The van der Waals surface area contributed by atoms with Crippen molar-refractivity contribution in [1.29, 1.82) is 0 Å². The third kappa shape index (κ3) is 3.53. The van der Waals surface area contributed by atoms with Crippen LogP contribution < -0.4 is 10.1 Å². The molecule has 4 rings (SSSR count). The van der Waals surface area contributed by atoms with Crippen molar-refractivity contribution in [3.63, 3.8) is 0 Å². The number of hydrogen-bond acceptors (Lipinski definition) is 3. The highest BCUT2D eigenvalue weighted by Crippen LogP contribution is 2.47. The standard InChI is InChI=1S/C24H30N2O2/c1-3-26(4-2)23(27)19-11-9-18(10-12-19)21-17-24(13-15-25-16-14-24)28-22-8-6-5-7-20(21)22/h5-12,21,25H,3-4,13-17H2,1-2H3/t21-/m1/s1. The van der Waals surface area contributed by atoms with E-state index in [0.29, 0.717) is 5.92 Å². The number of fused-ring (bicyclic) bond motifs is 1. The molecule has 0 saturated carbocycles. The van der Waals surface area contributed by atoms with Gasteiger partial charge in [0, 0.05) is 30.1 Å². The van der Waals surface area contributed by atoms with E-state index in [0.717, 1.165) is 56.8 Å². The van der Waals surface area contributed by atoms with E-state index in [1.165, 1.54) is 11.1 Å². The van der Waals surface area contributed by atoms with Gasteiger partial charge in [0.2, 0.25) is 0 Å². The molecule has 0 aliphatic carbocycles. The molecule has 2 aliphatic heterocycles. The maximum Gasteiger partial charge on any atom is 0.253 e. The Morgan fingerprint density at radius 1 is 1.07 bits per heavy atom. The lowest BCUT2D eigenvalue weighted by Crippen LogP contribution is -2.49. The van der Waals surface area contributed by atoms with Crippen LogP contribution in [0.5, 0.6) is 5.75 Å². The van der Waals surface area contributed by atoms with Gasteiger partial charge in [-0.05, 0) is 70.0 Å². The lowest BCUT2D eigenvalue weighted by atomic mass is 9.75. The first-order valence-corrected chi connectivity index (χ1v) is 10.5. The number of nitrogens with one attached hydrogen (secondary N) is 1. The summed E-state index contributed by atoms with van der Waals surface area (Å²) in [5.74, 6) is 1.43. The Balaban J connectivity index is 1.64. The second-order valence-corrected chi connectivity index (χ2v) is 7.93. The Bertz CT molecular complexity index is 821. The van der Waals surface area contributed by atoms with Crippen molar-refractivity contribution >= 4 is 5.91 Å². The largest absolute Gasteiger partial charge is 0.487 e. The topological polar surface area (TPSA) is 41.6 Å². The smallest absolute Gasteiger partial charge is 0.253 e. The highest BCUT2D eigenvalue weighted by molar-refractivity contribution is 5.94. The van der Waals surface area contributed by atoms with E-state index in [-0.39, 0.29) is 11.5 Å². The van der Waals surface area contributed by atoms with Crippen LogP contribution in [0, 0.1) is 0 Å². The van der Waals surface area contributed by atoms with Crippen molar-refractivity contribution in [1.82, 2.24) is 10.2 Å². The summed E-state index contributed by atoms with van der Waals surface area (Å²) in [6, 6.07) is 16.7. The second-order valence-electron chi connectivity index (χ2n) is 7.93. The van der Waals surface area contributed by atoms with Crippen molar-refractivity contribution in [2.45, 2.75) is 44.6 Å². The van der Waals surface area contributed by atoms with Crippen LogP contribution in [0.1, 0.15) is 60.5 Å². The van der Waals surface area contributed by atoms with E-state index < -0.39 is 0 Å². The quantitative estimate of drug-likeness (QED) is 0.867. The first kappa shape index (κ1) is 19.0. The van der Waals surface area contributed by atoms with Crippen LogP contribution in [0.25, 0.3) is 0 Å². The number of rotatable bonds is 4. The minimum absolute atomic E-state index is 0.0834. The fourth-order valence-electron chi connectivity index (χ4n) is 4.66. The van der Waals surface area contributed by atoms with Gasteiger partial charge in [0.05, 0.1) is 0 Å². The minimum atomic E-state index is -0.0834. The number of hydrogen-bond donors (Lipinski definition) is 1. The molecule has 1 saturated heterocycles. The zero-order valence-electron chi connectivity index (χ0n) is 16.9. The fourth-order valence-corrected chi connectivity index (χ4v) is 4.66. The Morgan fingerprint density at radius 3 is 2.43 bits per heavy atom. The SMILES string of the molecule is CCN(CC)C(=O)c1ccc([C@H]2CC3(CCNCC3)Oc3ccccc32)cc1. The normalized spacial score (nSPS) is 20.3. The lowest BCUT2D eigenvalue weighted by molar-refractivity contribution is 0.0114. The summed E-state index contributed by atoms with van der Waals surface area (Å²) < 4.78 is 6.53. The molecule has 0 unspecified atom stereocenters. The highest BCUT2D eigenvalue weighted by atomic mass is 16.5. The summed E-state index contributed by atoms with van der Waals surface area (Å²) in [6.45, 7) is 7.53. The van der Waals surface area contributed by atoms with Gasteiger partial charge < -0.3 is 15.0 Å². The third-order valence-corrected chi connectivity index (χ3v) is 6.32. The second kappa shape index (κ2) is 7.96. The molecule has 28 heavy (non-hydrogen) atoms. The zero-order chi connectivity index (χ0) is 19.6. The average molecular weight is 379 g/mol. The van der Waals surface area contributed by atoms with Crippen molar-refractivity contribution < 1.29 is 9.53 Å². The predicted molar refractivity (Wildman–Crippen MR) is 112 cm³/mol. The van der Waals surface area contributed by atoms with E-state index >= 15 is 0 Å². The predicted octanol–water partition coefficient (Wildman–Crippen LogP) is 4.21. The fraction of sp³-hybridized carbons (Fsp3) is 0.458. The maximum absolute atomic E-state index is 12.6. The number of ether oxygens (including phenoxy) is 1. The first-order chi connectivity index (χ1) is 13.7. The number of carbonyl (C=O) groups excluding carboxylic acids is 1. The van der Waals surface area contributed by atoms with Crippen molar-refractivity contribution in [3.05, 3.63) is 65.2 Å². The summed E-state index contributed by atoms with van der Waals surface area (Å²) >= 11 is 0. The molecule has 4 heteroatoms. The van der Waals surface area contributed by atoms with Crippen molar-refractivity contribution in [3.8, 4) is 5.75 Å². The van der Waals surface area contributed by atoms with Gasteiger partial charge in [-0.25, -0.2) is 0 Å². The molecule has 2 aromatic carbocycles. The summed E-state index contributed by atoms with van der Waals surface area (Å²) in [5.41, 5.74) is 3.21. The van der Waals surface area contributed by atoms with Gasteiger partial charge in [-0.1, -0.05) is 30.3 Å². The van der Waals surface area contributed by atoms with Crippen LogP contribution >= 0.6 is 0 Å². The molecule has 2 aromatic rings. The molecule has 1 spiro atoms. The number of nitrogens with zero attached hydrogens (tertiary/aromatic N) is 1. The summed E-state index contributed by atoms with van der Waals surface area (Å²) in [6.07, 6.45) is 3.07. The molecule has 0 aromatic heterocycles. The van der Waals surface area contributed by atoms with Gasteiger partial charge in [-0.15, -0.1) is 0 Å². The third-order valence-electron chi connectivity index (χ3n) is 6.32. The van der Waals surface area contributed by atoms with Crippen molar-refractivity contribution in [2.24, 2.45) is 0 Å². The van der Waals surface area contributed by atoms with E-state index in [9.17, 15) is 4.79 Å². The molecule has 1 fully saturated rings. The Morgan fingerprint density at radius 2 is 1.75 bits per heavy atom. The van der Waals surface area contributed by atoms with E-state index in [2.05, 4.69) is 41.7 Å². The summed E-state index contributed by atoms with van der Waals surface area (Å²) in [4.78, 5) is 14.5. The number of benzene rings is 2. The Labute approximate surface area is 167 Å². The van der Waals surface area contributed by atoms with Gasteiger partial charge >= 0.3 is 0 Å². The molecule has 1 N–H and O–H groups in total. The molecular formula is C24H30N2O2. The minimum Gasteiger partial charge on any atom is -0.487 e. The van der Waals surface area contributed by atoms with Crippen LogP contribution in [0.4, 0.5) is 0 Å². The van der Waals surface area contributed by atoms with Gasteiger partial charge in [-0.2, -0.15) is 0 Å². The van der Waals surface area contributed by atoms with E-state index in [1.807, 2.05) is 30.9 Å². The molecule has 4 nitrogen and oxygen atoms in total. The van der Waals surface area contributed by atoms with Gasteiger partial charge in [-0.3, -0.25) is 4.79 Å². The number of para-hydroxylation sites is 1. The van der Waals surface area contributed by atoms with E-state index in [4.69, 9.17) is 4.74 Å². The summed E-state index contributed by atoms with van der Waals surface area (Å²) in [7, 11) is 0. The molecule has 1 amide bonds. The number of amides is 1. The molecule has 2 aliphatic rings. The van der Waals surface area contributed by atoms with Crippen LogP contribution in [-0.2, 0) is 0 Å². The first-order valence-electron chi connectivity index (χ1n) is 10.5.